The zero-order valence-corrected chi connectivity index (χ0v) is 20.7. The Morgan fingerprint density at radius 2 is 1.91 bits per heavy atom. The number of thiophene rings is 1. The Kier molecular flexibility index (Phi) is 6.60. The van der Waals surface area contributed by atoms with Crippen molar-refractivity contribution in [3.05, 3.63) is 59.0 Å². The van der Waals surface area contributed by atoms with Gasteiger partial charge in [0.15, 0.2) is 0 Å². The molecule has 1 aliphatic carbocycles. The predicted molar refractivity (Wildman–Crippen MR) is 137 cm³/mol. The van der Waals surface area contributed by atoms with Crippen molar-refractivity contribution in [2.24, 2.45) is 5.92 Å². The van der Waals surface area contributed by atoms with Gasteiger partial charge in [0.1, 0.15) is 16.2 Å². The maximum Gasteiger partial charge on any atom is 0.230 e. The summed E-state index contributed by atoms with van der Waals surface area (Å²) in [6.45, 7) is 5.06. The molecule has 3 aromatic heterocycles. The lowest BCUT2D eigenvalue weighted by Gasteiger charge is -2.20. The lowest BCUT2D eigenvalue weighted by Crippen LogP contribution is -2.24. The van der Waals surface area contributed by atoms with Crippen LogP contribution in [0.15, 0.2) is 41.7 Å². The van der Waals surface area contributed by atoms with Gasteiger partial charge >= 0.3 is 0 Å². The summed E-state index contributed by atoms with van der Waals surface area (Å²) in [5.41, 5.74) is 6.26. The number of nitrogens with zero attached hydrogens (tertiary/aromatic N) is 3. The Bertz CT molecular complexity index is 1300. The molecule has 4 aromatic rings. The van der Waals surface area contributed by atoms with Crippen molar-refractivity contribution in [2.45, 2.75) is 57.5 Å². The molecular formula is C26H28N4OS2. The number of aromatic nitrogens is 3. The highest BCUT2D eigenvalue weighted by molar-refractivity contribution is 8.00. The van der Waals surface area contributed by atoms with Crippen LogP contribution in [0.5, 0.6) is 0 Å². The molecule has 170 valence electrons. The molecule has 0 atom stereocenters. The average molecular weight is 477 g/mol. The SMILES string of the molecule is CC(C)Cc1nc2sc3c(SCC(=O)NCc4ccccc4)ncnc3c2c2c1CCCC2. The monoisotopic (exact) mass is 476 g/mol. The van der Waals surface area contributed by atoms with Crippen LogP contribution in [0.1, 0.15) is 49.1 Å². The van der Waals surface area contributed by atoms with E-state index in [4.69, 9.17) is 4.98 Å². The molecule has 0 radical (unpaired) electrons. The molecule has 5 nitrogen and oxygen atoms in total. The van der Waals surface area contributed by atoms with Gasteiger partial charge in [-0.1, -0.05) is 55.9 Å². The van der Waals surface area contributed by atoms with E-state index >= 15 is 0 Å². The number of aryl methyl sites for hydroxylation is 1. The van der Waals surface area contributed by atoms with Gasteiger partial charge in [0.05, 0.1) is 16.0 Å². The van der Waals surface area contributed by atoms with E-state index in [0.717, 1.165) is 44.9 Å². The molecule has 7 heteroatoms. The van der Waals surface area contributed by atoms with Gasteiger partial charge in [-0.3, -0.25) is 4.79 Å². The van der Waals surface area contributed by atoms with Crippen LogP contribution in [0.2, 0.25) is 0 Å². The second-order valence-electron chi connectivity index (χ2n) is 9.01. The highest BCUT2D eigenvalue weighted by atomic mass is 32.2. The largest absolute Gasteiger partial charge is 0.351 e. The minimum atomic E-state index is 0.00597. The molecule has 0 fully saturated rings. The number of pyridine rings is 1. The van der Waals surface area contributed by atoms with Crippen LogP contribution < -0.4 is 5.32 Å². The van der Waals surface area contributed by atoms with Gasteiger partial charge in [-0.2, -0.15) is 0 Å². The summed E-state index contributed by atoms with van der Waals surface area (Å²) >= 11 is 3.16. The van der Waals surface area contributed by atoms with Crippen LogP contribution in [0.25, 0.3) is 20.4 Å². The minimum Gasteiger partial charge on any atom is -0.351 e. The average Bonchev–Trinajstić information content (AvgIpc) is 3.21. The first-order chi connectivity index (χ1) is 16.1. The maximum absolute atomic E-state index is 12.5. The lowest BCUT2D eigenvalue weighted by atomic mass is 9.87. The van der Waals surface area contributed by atoms with Crippen LogP contribution in [-0.4, -0.2) is 26.6 Å². The van der Waals surface area contributed by atoms with Gasteiger partial charge in [0, 0.05) is 17.6 Å². The molecule has 5 rings (SSSR count). The maximum atomic E-state index is 12.5. The van der Waals surface area contributed by atoms with Crippen molar-refractivity contribution < 1.29 is 4.79 Å². The number of benzene rings is 1. The quantitative estimate of drug-likeness (QED) is 0.273. The number of carbonyl (C=O) groups is 1. The van der Waals surface area contributed by atoms with Crippen molar-refractivity contribution in [3.8, 4) is 0 Å². The molecule has 0 spiro atoms. The summed E-state index contributed by atoms with van der Waals surface area (Å²) in [5, 5.41) is 5.08. The van der Waals surface area contributed by atoms with E-state index in [-0.39, 0.29) is 5.91 Å². The zero-order valence-electron chi connectivity index (χ0n) is 19.1. The Balaban J connectivity index is 1.43. The van der Waals surface area contributed by atoms with E-state index in [0.29, 0.717) is 18.2 Å². The van der Waals surface area contributed by atoms with Crippen LogP contribution in [-0.2, 0) is 30.6 Å². The number of carbonyl (C=O) groups excluding carboxylic acids is 1. The van der Waals surface area contributed by atoms with Crippen molar-refractivity contribution in [3.63, 3.8) is 0 Å². The summed E-state index contributed by atoms with van der Waals surface area (Å²) in [7, 11) is 0. The summed E-state index contributed by atoms with van der Waals surface area (Å²) < 4.78 is 1.05. The number of hydrogen-bond donors (Lipinski definition) is 1. The lowest BCUT2D eigenvalue weighted by molar-refractivity contribution is -0.118. The van der Waals surface area contributed by atoms with Gasteiger partial charge < -0.3 is 5.32 Å². The summed E-state index contributed by atoms with van der Waals surface area (Å²) in [4.78, 5) is 27.9. The number of thioether (sulfide) groups is 1. The Morgan fingerprint density at radius 1 is 1.12 bits per heavy atom. The zero-order chi connectivity index (χ0) is 22.8. The Hall–Kier alpha value is -2.51. The van der Waals surface area contributed by atoms with Crippen molar-refractivity contribution in [2.75, 3.05) is 5.75 Å². The van der Waals surface area contributed by atoms with Crippen LogP contribution >= 0.6 is 23.1 Å². The number of rotatable bonds is 7. The van der Waals surface area contributed by atoms with Gasteiger partial charge in [0.2, 0.25) is 5.91 Å². The second kappa shape index (κ2) is 9.77. The molecule has 1 amide bonds. The number of hydrogen-bond acceptors (Lipinski definition) is 6. The van der Waals surface area contributed by atoms with E-state index in [1.807, 2.05) is 30.3 Å². The number of nitrogens with one attached hydrogen (secondary N) is 1. The van der Waals surface area contributed by atoms with E-state index in [2.05, 4.69) is 29.1 Å². The third-order valence-corrected chi connectivity index (χ3v) is 8.25. The van der Waals surface area contributed by atoms with Crippen LogP contribution in [0.4, 0.5) is 0 Å². The van der Waals surface area contributed by atoms with E-state index in [1.165, 1.54) is 46.8 Å². The van der Waals surface area contributed by atoms with Crippen molar-refractivity contribution in [1.29, 1.82) is 0 Å². The first kappa shape index (κ1) is 22.3. The molecule has 1 N–H and O–H groups in total. The first-order valence-corrected chi connectivity index (χ1v) is 13.4. The third kappa shape index (κ3) is 4.75. The molecule has 0 saturated heterocycles. The fraction of sp³-hybridized carbons (Fsp3) is 0.385. The number of fused-ring (bicyclic) bond motifs is 5. The van der Waals surface area contributed by atoms with E-state index in [1.54, 1.807) is 17.7 Å². The second-order valence-corrected chi connectivity index (χ2v) is 11.0. The highest BCUT2D eigenvalue weighted by Crippen LogP contribution is 2.41. The van der Waals surface area contributed by atoms with Gasteiger partial charge in [0.25, 0.3) is 0 Å². The first-order valence-electron chi connectivity index (χ1n) is 11.6. The summed E-state index contributed by atoms with van der Waals surface area (Å²) in [5.74, 6) is 0.916. The number of amides is 1. The molecule has 3 heterocycles. The van der Waals surface area contributed by atoms with Crippen LogP contribution in [0, 0.1) is 5.92 Å². The summed E-state index contributed by atoms with van der Waals surface area (Å²) in [6.07, 6.45) is 7.32. The predicted octanol–water partition coefficient (Wildman–Crippen LogP) is 5.73. The molecule has 33 heavy (non-hydrogen) atoms. The topological polar surface area (TPSA) is 67.8 Å². The fourth-order valence-electron chi connectivity index (χ4n) is 4.56. The minimum absolute atomic E-state index is 0.00597. The van der Waals surface area contributed by atoms with E-state index in [9.17, 15) is 4.79 Å². The molecule has 1 aliphatic rings. The normalized spacial score (nSPS) is 13.5. The Labute approximate surface area is 202 Å². The fourth-order valence-corrected chi connectivity index (χ4v) is 6.64. The van der Waals surface area contributed by atoms with Crippen molar-refractivity contribution >= 4 is 49.4 Å². The molecule has 0 bridgehead atoms. The van der Waals surface area contributed by atoms with Gasteiger partial charge in [-0.25, -0.2) is 15.0 Å². The summed E-state index contributed by atoms with van der Waals surface area (Å²) in [6, 6.07) is 9.97. The van der Waals surface area contributed by atoms with Crippen LogP contribution in [0.3, 0.4) is 0 Å². The standard InChI is InChI=1S/C26H28N4OS2/c1-16(2)12-20-18-10-6-7-11-19(18)22-23-24(33-25(22)30-20)26(29-15-28-23)32-14-21(31)27-13-17-8-4-3-5-9-17/h3-5,8-9,15-16H,6-7,10-14H2,1-2H3,(H,27,31). The van der Waals surface area contributed by atoms with Gasteiger partial charge in [-0.05, 0) is 54.7 Å². The smallest absolute Gasteiger partial charge is 0.230 e. The molecule has 1 aromatic carbocycles. The molecule has 0 aliphatic heterocycles. The molecule has 0 saturated carbocycles. The molecule has 0 unspecified atom stereocenters. The highest BCUT2D eigenvalue weighted by Gasteiger charge is 2.23. The third-order valence-electron chi connectivity index (χ3n) is 6.05. The van der Waals surface area contributed by atoms with Crippen molar-refractivity contribution in [1.82, 2.24) is 20.3 Å². The van der Waals surface area contributed by atoms with E-state index < -0.39 is 0 Å². The Morgan fingerprint density at radius 3 is 2.70 bits per heavy atom. The molecular weight excluding hydrogens is 448 g/mol. The van der Waals surface area contributed by atoms with Gasteiger partial charge in [-0.15, -0.1) is 11.3 Å².